The first-order chi connectivity index (χ1) is 15.5. The summed E-state index contributed by atoms with van der Waals surface area (Å²) in [6.07, 6.45) is 2.72. The molecule has 1 aromatic heterocycles. The van der Waals surface area contributed by atoms with Gasteiger partial charge in [0.15, 0.2) is 0 Å². The molecule has 0 spiro atoms. The minimum Gasteiger partial charge on any atom is -0.457 e. The maximum atomic E-state index is 13.3. The van der Waals surface area contributed by atoms with Crippen molar-refractivity contribution in [1.29, 1.82) is 0 Å². The number of para-hydroxylation sites is 1. The van der Waals surface area contributed by atoms with Crippen LogP contribution in [0.4, 0.5) is 5.69 Å². The van der Waals surface area contributed by atoms with Crippen molar-refractivity contribution < 1.29 is 14.0 Å². The van der Waals surface area contributed by atoms with Gasteiger partial charge in [-0.15, -0.1) is 0 Å². The maximum Gasteiger partial charge on any atom is 0.256 e. The molecule has 162 valence electrons. The van der Waals surface area contributed by atoms with Crippen molar-refractivity contribution >= 4 is 29.2 Å². The van der Waals surface area contributed by atoms with E-state index < -0.39 is 0 Å². The Morgan fingerprint density at radius 1 is 1.09 bits per heavy atom. The molecule has 2 aliphatic rings. The fraction of sp³-hybridized carbons (Fsp3) is 0.231. The first-order valence-corrected chi connectivity index (χ1v) is 10.8. The normalized spacial score (nSPS) is 19.2. The zero-order valence-electron chi connectivity index (χ0n) is 18.2. The second-order valence-electron chi connectivity index (χ2n) is 8.43. The predicted molar refractivity (Wildman–Crippen MR) is 125 cm³/mol. The molecule has 1 unspecified atom stereocenters. The monoisotopic (exact) mass is 427 g/mol. The van der Waals surface area contributed by atoms with Gasteiger partial charge in [0.25, 0.3) is 11.8 Å². The molecule has 5 rings (SSSR count). The Balaban J connectivity index is 1.44. The lowest BCUT2D eigenvalue weighted by Gasteiger charge is -2.25. The molecule has 3 heterocycles. The number of hydrogen-bond donors (Lipinski definition) is 1. The molecule has 1 saturated heterocycles. The van der Waals surface area contributed by atoms with Gasteiger partial charge in [-0.2, -0.15) is 0 Å². The number of hydrogen-bond acceptors (Lipinski definition) is 4. The highest BCUT2D eigenvalue weighted by atomic mass is 16.3. The number of nitrogens with one attached hydrogen (secondary N) is 1. The first-order valence-electron chi connectivity index (χ1n) is 10.8. The van der Waals surface area contributed by atoms with E-state index in [1.807, 2.05) is 72.6 Å². The second kappa shape index (κ2) is 8.13. The molecule has 2 aliphatic heterocycles. The number of benzene rings is 2. The smallest absolute Gasteiger partial charge is 0.256 e. The van der Waals surface area contributed by atoms with Crippen molar-refractivity contribution in [3.05, 3.63) is 77.6 Å². The standard InChI is InChI=1S/C26H25N3O3/c1-28-14-13-17(16-28)29(2)26(31)21-9-4-3-8-20(21)24-12-11-18(32-24)15-22-19-7-5-6-10-23(19)27-25(22)30/h3-12,15,17H,13-14,16H2,1-2H3,(H,27,30). The maximum absolute atomic E-state index is 13.3. The predicted octanol–water partition coefficient (Wildman–Crippen LogP) is 4.22. The number of rotatable bonds is 4. The number of likely N-dealkylation sites (tertiary alicyclic amines) is 1. The number of likely N-dealkylation sites (N-methyl/N-ethyl adjacent to an activating group) is 2. The molecule has 0 aliphatic carbocycles. The van der Waals surface area contributed by atoms with Crippen molar-refractivity contribution in [2.24, 2.45) is 0 Å². The lowest BCUT2D eigenvalue weighted by atomic mass is 10.0. The number of furan rings is 1. The molecule has 0 saturated carbocycles. The molecule has 2 aromatic carbocycles. The van der Waals surface area contributed by atoms with Crippen LogP contribution in [0, 0.1) is 0 Å². The Kier molecular flexibility index (Phi) is 5.15. The van der Waals surface area contributed by atoms with Crippen molar-refractivity contribution in [3.8, 4) is 11.3 Å². The second-order valence-corrected chi connectivity index (χ2v) is 8.43. The summed E-state index contributed by atoms with van der Waals surface area (Å²) in [5.74, 6) is 1.00. The lowest BCUT2D eigenvalue weighted by molar-refractivity contribution is -0.110. The average Bonchev–Trinajstić information content (AvgIpc) is 3.52. The Labute approximate surface area is 187 Å². The highest BCUT2D eigenvalue weighted by Gasteiger charge is 2.29. The molecule has 1 atom stereocenters. The van der Waals surface area contributed by atoms with E-state index in [0.717, 1.165) is 36.3 Å². The molecule has 1 N–H and O–H groups in total. The van der Waals surface area contributed by atoms with Crippen molar-refractivity contribution in [2.45, 2.75) is 12.5 Å². The largest absolute Gasteiger partial charge is 0.457 e. The van der Waals surface area contributed by atoms with E-state index in [1.165, 1.54) is 0 Å². The van der Waals surface area contributed by atoms with Gasteiger partial charge < -0.3 is 19.5 Å². The minimum atomic E-state index is -0.150. The van der Waals surface area contributed by atoms with Crippen LogP contribution in [0.5, 0.6) is 0 Å². The lowest BCUT2D eigenvalue weighted by Crippen LogP contribution is -2.38. The Bertz CT molecular complexity index is 1230. The van der Waals surface area contributed by atoms with Gasteiger partial charge >= 0.3 is 0 Å². The molecule has 2 amide bonds. The summed E-state index contributed by atoms with van der Waals surface area (Å²) in [6.45, 7) is 1.88. The first kappa shape index (κ1) is 20.3. The highest BCUT2D eigenvalue weighted by Crippen LogP contribution is 2.34. The van der Waals surface area contributed by atoms with Gasteiger partial charge in [-0.25, -0.2) is 0 Å². The van der Waals surface area contributed by atoms with Gasteiger partial charge in [0.2, 0.25) is 0 Å². The van der Waals surface area contributed by atoms with Crippen LogP contribution < -0.4 is 5.32 Å². The molecular weight excluding hydrogens is 402 g/mol. The van der Waals surface area contributed by atoms with E-state index in [1.54, 1.807) is 6.08 Å². The highest BCUT2D eigenvalue weighted by molar-refractivity contribution is 6.34. The number of amides is 2. The molecule has 32 heavy (non-hydrogen) atoms. The van der Waals surface area contributed by atoms with Crippen LogP contribution in [0.3, 0.4) is 0 Å². The number of fused-ring (bicyclic) bond motifs is 1. The number of carbonyl (C=O) groups excluding carboxylic acids is 2. The van der Waals surface area contributed by atoms with E-state index in [-0.39, 0.29) is 17.9 Å². The van der Waals surface area contributed by atoms with Gasteiger partial charge in [-0.3, -0.25) is 9.59 Å². The van der Waals surface area contributed by atoms with Crippen molar-refractivity contribution in [3.63, 3.8) is 0 Å². The molecule has 1 fully saturated rings. The van der Waals surface area contributed by atoms with E-state index in [4.69, 9.17) is 4.42 Å². The summed E-state index contributed by atoms with van der Waals surface area (Å²) in [6, 6.07) is 19.0. The summed E-state index contributed by atoms with van der Waals surface area (Å²) in [5.41, 5.74) is 3.58. The Morgan fingerprint density at radius 3 is 2.62 bits per heavy atom. The number of anilines is 1. The van der Waals surface area contributed by atoms with Gasteiger partial charge in [0.1, 0.15) is 11.5 Å². The molecule has 0 bridgehead atoms. The van der Waals surface area contributed by atoms with Gasteiger partial charge in [-0.05, 0) is 50.4 Å². The molecule has 3 aromatic rings. The number of nitrogens with zero attached hydrogens (tertiary/aromatic N) is 2. The van der Waals surface area contributed by atoms with Gasteiger partial charge in [0.05, 0.1) is 11.1 Å². The van der Waals surface area contributed by atoms with Crippen molar-refractivity contribution in [2.75, 3.05) is 32.5 Å². The zero-order chi connectivity index (χ0) is 22.2. The van der Waals surface area contributed by atoms with Crippen molar-refractivity contribution in [1.82, 2.24) is 9.80 Å². The van der Waals surface area contributed by atoms with Crippen LogP contribution in [0.15, 0.2) is 65.1 Å². The third-order valence-electron chi connectivity index (χ3n) is 6.28. The quantitative estimate of drug-likeness (QED) is 0.634. The summed E-state index contributed by atoms with van der Waals surface area (Å²) >= 11 is 0. The third kappa shape index (κ3) is 3.63. The topological polar surface area (TPSA) is 65.8 Å². The van der Waals surface area contributed by atoms with Crippen LogP contribution in [0.25, 0.3) is 23.0 Å². The molecule has 6 heteroatoms. The minimum absolute atomic E-state index is 0.0127. The summed E-state index contributed by atoms with van der Waals surface area (Å²) < 4.78 is 6.07. The number of carbonyl (C=O) groups is 2. The van der Waals surface area contributed by atoms with E-state index in [2.05, 4.69) is 17.3 Å². The fourth-order valence-electron chi connectivity index (χ4n) is 4.47. The molecule has 6 nitrogen and oxygen atoms in total. The average molecular weight is 428 g/mol. The van der Waals surface area contributed by atoms with E-state index in [9.17, 15) is 9.59 Å². The van der Waals surface area contributed by atoms with Crippen LogP contribution in [-0.2, 0) is 4.79 Å². The Hall–Kier alpha value is -3.64. The van der Waals surface area contributed by atoms with Gasteiger partial charge in [0, 0.05) is 36.4 Å². The van der Waals surface area contributed by atoms with Crippen LogP contribution in [-0.4, -0.2) is 54.8 Å². The zero-order valence-corrected chi connectivity index (χ0v) is 18.2. The van der Waals surface area contributed by atoms with Crippen LogP contribution in [0.2, 0.25) is 0 Å². The van der Waals surface area contributed by atoms with Crippen LogP contribution >= 0.6 is 0 Å². The SMILES string of the molecule is CN1CCC(N(C)C(=O)c2ccccc2-c2ccc(C=C3C(=O)Nc4ccccc43)o2)C1. The van der Waals surface area contributed by atoms with Gasteiger partial charge in [-0.1, -0.05) is 36.4 Å². The Morgan fingerprint density at radius 2 is 1.84 bits per heavy atom. The van der Waals surface area contributed by atoms with Crippen LogP contribution in [0.1, 0.15) is 28.1 Å². The molecular formula is C26H25N3O3. The van der Waals surface area contributed by atoms with E-state index in [0.29, 0.717) is 22.7 Å². The summed E-state index contributed by atoms with van der Waals surface area (Å²) in [5, 5.41) is 2.87. The summed E-state index contributed by atoms with van der Waals surface area (Å²) in [7, 11) is 3.95. The third-order valence-corrected chi connectivity index (χ3v) is 6.28. The van der Waals surface area contributed by atoms with E-state index >= 15 is 0 Å². The fourth-order valence-corrected chi connectivity index (χ4v) is 4.47. The molecule has 0 radical (unpaired) electrons. The summed E-state index contributed by atoms with van der Waals surface area (Å²) in [4.78, 5) is 29.8.